The number of sulfonamides is 1. The number of hydrogen-bond acceptors (Lipinski definition) is 5. The maximum atomic E-state index is 11.9. The number of aromatic nitrogens is 2. The summed E-state index contributed by atoms with van der Waals surface area (Å²) in [5, 5.41) is 4.02. The van der Waals surface area contributed by atoms with Gasteiger partial charge in [0.2, 0.25) is 10.0 Å². The summed E-state index contributed by atoms with van der Waals surface area (Å²) in [6.45, 7) is 1.20. The fraction of sp³-hybridized carbons (Fsp3) is 0.333. The van der Waals surface area contributed by atoms with Crippen molar-refractivity contribution in [2.45, 2.75) is 13.0 Å². The molecule has 1 aromatic carbocycles. The molecule has 1 aliphatic rings. The number of benzene rings is 1. The van der Waals surface area contributed by atoms with E-state index in [1.165, 1.54) is 4.31 Å². The number of anilines is 1. The van der Waals surface area contributed by atoms with Gasteiger partial charge >= 0.3 is 5.97 Å². The summed E-state index contributed by atoms with van der Waals surface area (Å²) in [5.74, 6) is -0.266. The number of esters is 1. The zero-order valence-corrected chi connectivity index (χ0v) is 13.3. The molecule has 1 aromatic heterocycles. The second-order valence-electron chi connectivity index (χ2n) is 5.19. The molecule has 122 valence electrons. The summed E-state index contributed by atoms with van der Waals surface area (Å²) in [6.07, 6.45) is 4.08. The van der Waals surface area contributed by atoms with Gasteiger partial charge in [-0.05, 0) is 36.8 Å². The van der Waals surface area contributed by atoms with Crippen molar-refractivity contribution in [3.8, 4) is 0 Å². The van der Waals surface area contributed by atoms with Crippen molar-refractivity contribution in [1.82, 2.24) is 9.78 Å². The molecule has 1 saturated heterocycles. The fourth-order valence-electron chi connectivity index (χ4n) is 2.44. The van der Waals surface area contributed by atoms with E-state index < -0.39 is 16.0 Å². The lowest BCUT2D eigenvalue weighted by Gasteiger charge is -2.16. The quantitative estimate of drug-likeness (QED) is 0.769. The number of hydrogen-bond donors (Lipinski definition) is 0. The number of rotatable bonds is 5. The van der Waals surface area contributed by atoms with Crippen molar-refractivity contribution in [3.63, 3.8) is 0 Å². The lowest BCUT2D eigenvalue weighted by Crippen LogP contribution is -2.25. The fourth-order valence-corrected chi connectivity index (χ4v) is 4.01. The Balaban J connectivity index is 1.59. The molecule has 0 unspecified atom stereocenters. The van der Waals surface area contributed by atoms with Crippen LogP contribution in [0.4, 0.5) is 5.69 Å². The lowest BCUT2D eigenvalue weighted by atomic mass is 10.2. The highest BCUT2D eigenvalue weighted by Crippen LogP contribution is 2.24. The third-order valence-electron chi connectivity index (χ3n) is 3.60. The van der Waals surface area contributed by atoms with Crippen LogP contribution in [0.1, 0.15) is 16.8 Å². The molecule has 1 fully saturated rings. The first-order valence-corrected chi connectivity index (χ1v) is 8.92. The molecule has 0 N–H and O–H groups in total. The van der Waals surface area contributed by atoms with Gasteiger partial charge in [-0.3, -0.25) is 8.99 Å². The van der Waals surface area contributed by atoms with Crippen molar-refractivity contribution in [1.29, 1.82) is 0 Å². The average Bonchev–Trinajstić information content (AvgIpc) is 3.16. The second-order valence-corrected chi connectivity index (χ2v) is 7.21. The maximum absolute atomic E-state index is 11.9. The summed E-state index contributed by atoms with van der Waals surface area (Å²) < 4.78 is 31.9. The predicted octanol–water partition coefficient (Wildman–Crippen LogP) is 1.28. The predicted molar refractivity (Wildman–Crippen MR) is 84.7 cm³/mol. The molecule has 8 heteroatoms. The Morgan fingerprint density at radius 2 is 2.04 bits per heavy atom. The Labute approximate surface area is 134 Å². The molecule has 0 bridgehead atoms. The molecule has 23 heavy (non-hydrogen) atoms. The Bertz CT molecular complexity index is 770. The molecule has 7 nitrogen and oxygen atoms in total. The third-order valence-corrected chi connectivity index (χ3v) is 5.47. The summed E-state index contributed by atoms with van der Waals surface area (Å²) in [5.41, 5.74) is 0.974. The monoisotopic (exact) mass is 335 g/mol. The Kier molecular flexibility index (Phi) is 4.33. The van der Waals surface area contributed by atoms with E-state index in [1.54, 1.807) is 47.4 Å². The van der Waals surface area contributed by atoms with Crippen molar-refractivity contribution in [2.24, 2.45) is 0 Å². The molecule has 1 aliphatic heterocycles. The smallest absolute Gasteiger partial charge is 0.338 e. The van der Waals surface area contributed by atoms with Crippen LogP contribution in [-0.4, -0.2) is 43.1 Å². The zero-order chi connectivity index (χ0) is 16.3. The molecule has 0 atom stereocenters. The van der Waals surface area contributed by atoms with Gasteiger partial charge in [0.1, 0.15) is 6.61 Å². The van der Waals surface area contributed by atoms with Crippen molar-refractivity contribution in [3.05, 3.63) is 48.3 Å². The molecular weight excluding hydrogens is 318 g/mol. The third kappa shape index (κ3) is 3.53. The van der Waals surface area contributed by atoms with Crippen LogP contribution in [0, 0.1) is 0 Å². The van der Waals surface area contributed by atoms with Crippen LogP contribution >= 0.6 is 0 Å². The van der Waals surface area contributed by atoms with Crippen molar-refractivity contribution < 1.29 is 17.9 Å². The average molecular weight is 335 g/mol. The SMILES string of the molecule is O=C(OCCn1cccn1)c1ccc(N2CCCS2(=O)=O)cc1. The van der Waals surface area contributed by atoms with E-state index in [1.807, 2.05) is 0 Å². The molecule has 0 saturated carbocycles. The van der Waals surface area contributed by atoms with Crippen LogP contribution in [0.15, 0.2) is 42.7 Å². The molecular formula is C15H17N3O4S. The van der Waals surface area contributed by atoms with Gasteiger partial charge in [-0.15, -0.1) is 0 Å². The maximum Gasteiger partial charge on any atom is 0.338 e. The highest BCUT2D eigenvalue weighted by atomic mass is 32.2. The van der Waals surface area contributed by atoms with Crippen molar-refractivity contribution >= 4 is 21.7 Å². The first kappa shape index (κ1) is 15.5. The number of nitrogens with zero attached hydrogens (tertiary/aromatic N) is 3. The lowest BCUT2D eigenvalue weighted by molar-refractivity contribution is 0.0487. The molecule has 0 spiro atoms. The van der Waals surface area contributed by atoms with Gasteiger partial charge in [0.25, 0.3) is 0 Å². The van der Waals surface area contributed by atoms with E-state index in [9.17, 15) is 13.2 Å². The number of carbonyl (C=O) groups excluding carboxylic acids is 1. The van der Waals surface area contributed by atoms with E-state index in [0.29, 0.717) is 30.8 Å². The van der Waals surface area contributed by atoms with Crippen LogP contribution in [0.3, 0.4) is 0 Å². The van der Waals surface area contributed by atoms with Gasteiger partial charge in [0.15, 0.2) is 0 Å². The van der Waals surface area contributed by atoms with Crippen LogP contribution in [0.25, 0.3) is 0 Å². The van der Waals surface area contributed by atoms with E-state index in [-0.39, 0.29) is 12.4 Å². The Morgan fingerprint density at radius 1 is 1.26 bits per heavy atom. The minimum absolute atomic E-state index is 0.171. The minimum Gasteiger partial charge on any atom is -0.460 e. The summed E-state index contributed by atoms with van der Waals surface area (Å²) >= 11 is 0. The zero-order valence-electron chi connectivity index (χ0n) is 12.5. The molecule has 2 aromatic rings. The highest BCUT2D eigenvalue weighted by molar-refractivity contribution is 7.93. The van der Waals surface area contributed by atoms with Crippen LogP contribution in [-0.2, 0) is 21.3 Å². The minimum atomic E-state index is -3.21. The Morgan fingerprint density at radius 3 is 2.65 bits per heavy atom. The number of ether oxygens (including phenoxy) is 1. The normalized spacial score (nSPS) is 16.4. The molecule has 3 rings (SSSR count). The number of carbonyl (C=O) groups is 1. The van der Waals surface area contributed by atoms with E-state index in [4.69, 9.17) is 4.74 Å². The van der Waals surface area contributed by atoms with Crippen LogP contribution in [0.5, 0.6) is 0 Å². The summed E-state index contributed by atoms with van der Waals surface area (Å²) in [4.78, 5) is 11.9. The highest BCUT2D eigenvalue weighted by Gasteiger charge is 2.28. The molecule has 0 aliphatic carbocycles. The Hall–Kier alpha value is -2.35. The first-order chi connectivity index (χ1) is 11.1. The molecule has 2 heterocycles. The van der Waals surface area contributed by atoms with Gasteiger partial charge in [-0.2, -0.15) is 5.10 Å². The van der Waals surface area contributed by atoms with Gasteiger partial charge in [-0.25, -0.2) is 13.2 Å². The van der Waals surface area contributed by atoms with E-state index >= 15 is 0 Å². The van der Waals surface area contributed by atoms with E-state index in [2.05, 4.69) is 5.10 Å². The van der Waals surface area contributed by atoms with Crippen molar-refractivity contribution in [2.75, 3.05) is 23.2 Å². The van der Waals surface area contributed by atoms with Gasteiger partial charge < -0.3 is 4.74 Å². The van der Waals surface area contributed by atoms with Gasteiger partial charge in [-0.1, -0.05) is 0 Å². The summed E-state index contributed by atoms with van der Waals surface area (Å²) in [6, 6.07) is 8.23. The largest absolute Gasteiger partial charge is 0.460 e. The van der Waals surface area contributed by atoms with Crippen LogP contribution < -0.4 is 4.31 Å². The van der Waals surface area contributed by atoms with Crippen LogP contribution in [0.2, 0.25) is 0 Å². The van der Waals surface area contributed by atoms with Gasteiger partial charge in [0.05, 0.1) is 23.5 Å². The molecule has 0 amide bonds. The standard InChI is InChI=1S/C15H17N3O4S/c19-15(22-11-10-17-8-1-7-16-17)13-3-5-14(6-4-13)18-9-2-12-23(18,20)21/h1,3-8H,2,9-12H2. The summed E-state index contributed by atoms with van der Waals surface area (Å²) in [7, 11) is -3.21. The van der Waals surface area contributed by atoms with E-state index in [0.717, 1.165) is 0 Å². The first-order valence-electron chi connectivity index (χ1n) is 7.31. The second kappa shape index (κ2) is 6.41. The topological polar surface area (TPSA) is 81.5 Å². The molecule has 0 radical (unpaired) electrons. The van der Waals surface area contributed by atoms with Gasteiger partial charge in [0, 0.05) is 18.9 Å².